The highest BCUT2D eigenvalue weighted by atomic mass is 14.7. The smallest absolute Gasteiger partial charge is 0.0423 e. The van der Waals surface area contributed by atoms with Gasteiger partial charge in [-0.05, 0) is 50.3 Å². The van der Waals surface area contributed by atoms with Crippen LogP contribution in [0.1, 0.15) is 41.4 Å². The minimum absolute atomic E-state index is 0.0943. The Balaban J connectivity index is 1.89. The topological polar surface area (TPSA) is 38.9 Å². The molecule has 2 rings (SSSR count). The fourth-order valence-corrected chi connectivity index (χ4v) is 2.42. The quantitative estimate of drug-likeness (QED) is 0.883. The second kappa shape index (κ2) is 6.48. The van der Waals surface area contributed by atoms with Crippen molar-refractivity contribution in [3.63, 3.8) is 0 Å². The highest BCUT2D eigenvalue weighted by Crippen LogP contribution is 2.20. The molecule has 0 saturated carbocycles. The Morgan fingerprint density at radius 2 is 1.79 bits per heavy atom. The summed E-state index contributed by atoms with van der Waals surface area (Å²) in [6, 6.07) is 14.8. The molecule has 0 aliphatic heterocycles. The molecule has 0 fully saturated rings. The van der Waals surface area contributed by atoms with Gasteiger partial charge in [-0.25, -0.2) is 0 Å². The molecule has 1 aromatic heterocycles. The summed E-state index contributed by atoms with van der Waals surface area (Å²) in [5.74, 6) is 0. The van der Waals surface area contributed by atoms with Gasteiger partial charge in [-0.3, -0.25) is 4.98 Å². The zero-order valence-corrected chi connectivity index (χ0v) is 11.8. The number of hydrogen-bond donors (Lipinski definition) is 1. The van der Waals surface area contributed by atoms with Gasteiger partial charge in [-0.15, -0.1) is 0 Å². The van der Waals surface area contributed by atoms with Gasteiger partial charge in [-0.1, -0.05) is 36.4 Å². The molecular weight excluding hydrogens is 232 g/mol. The van der Waals surface area contributed by atoms with E-state index in [0.717, 1.165) is 30.7 Å². The van der Waals surface area contributed by atoms with Crippen molar-refractivity contribution in [2.75, 3.05) is 0 Å². The molecule has 1 heterocycles. The van der Waals surface area contributed by atoms with Gasteiger partial charge in [0.1, 0.15) is 0 Å². The van der Waals surface area contributed by atoms with Crippen LogP contribution in [-0.4, -0.2) is 4.98 Å². The minimum Gasteiger partial charge on any atom is -0.324 e. The van der Waals surface area contributed by atoms with Crippen molar-refractivity contribution >= 4 is 0 Å². The second-order valence-corrected chi connectivity index (χ2v) is 5.11. The van der Waals surface area contributed by atoms with Crippen molar-refractivity contribution in [1.82, 2.24) is 4.98 Å². The van der Waals surface area contributed by atoms with Crippen LogP contribution >= 0.6 is 0 Å². The van der Waals surface area contributed by atoms with E-state index < -0.39 is 0 Å². The first-order valence-corrected chi connectivity index (χ1v) is 6.90. The number of rotatable bonds is 5. The second-order valence-electron chi connectivity index (χ2n) is 5.11. The van der Waals surface area contributed by atoms with Gasteiger partial charge >= 0.3 is 0 Å². The fraction of sp³-hybridized carbons (Fsp3) is 0.353. The summed E-state index contributed by atoms with van der Waals surface area (Å²) in [6.45, 7) is 4.05. The zero-order valence-electron chi connectivity index (χ0n) is 11.8. The molecule has 0 spiro atoms. The molecule has 0 amide bonds. The first-order chi connectivity index (χ1) is 9.16. The van der Waals surface area contributed by atoms with Crippen molar-refractivity contribution in [2.45, 2.75) is 39.2 Å². The van der Waals surface area contributed by atoms with Crippen LogP contribution in [0.4, 0.5) is 0 Å². The number of nitrogens with two attached hydrogens (primary N) is 1. The maximum absolute atomic E-state index is 6.27. The van der Waals surface area contributed by atoms with Crippen LogP contribution in [0.2, 0.25) is 0 Å². The van der Waals surface area contributed by atoms with E-state index in [1.165, 1.54) is 11.1 Å². The van der Waals surface area contributed by atoms with E-state index >= 15 is 0 Å². The van der Waals surface area contributed by atoms with Gasteiger partial charge in [0.25, 0.3) is 0 Å². The molecule has 2 aromatic rings. The molecule has 0 saturated heterocycles. The molecule has 1 atom stereocenters. The molecule has 0 radical (unpaired) electrons. The third kappa shape index (κ3) is 3.90. The Morgan fingerprint density at radius 3 is 2.47 bits per heavy atom. The Hall–Kier alpha value is -1.67. The Labute approximate surface area is 115 Å². The van der Waals surface area contributed by atoms with Crippen molar-refractivity contribution in [3.8, 4) is 0 Å². The molecule has 0 aliphatic rings. The molecule has 19 heavy (non-hydrogen) atoms. The third-order valence-corrected chi connectivity index (χ3v) is 3.49. The highest BCUT2D eigenvalue weighted by Gasteiger charge is 2.09. The Morgan fingerprint density at radius 1 is 1.05 bits per heavy atom. The summed E-state index contributed by atoms with van der Waals surface area (Å²) in [5, 5.41) is 0. The summed E-state index contributed by atoms with van der Waals surface area (Å²) in [7, 11) is 0. The molecule has 1 aromatic carbocycles. The lowest BCUT2D eigenvalue weighted by Gasteiger charge is -2.14. The van der Waals surface area contributed by atoms with Crippen LogP contribution in [0.3, 0.4) is 0 Å². The largest absolute Gasteiger partial charge is 0.324 e. The van der Waals surface area contributed by atoms with Crippen LogP contribution < -0.4 is 5.73 Å². The van der Waals surface area contributed by atoms with E-state index in [-0.39, 0.29) is 6.04 Å². The average molecular weight is 254 g/mol. The van der Waals surface area contributed by atoms with Gasteiger partial charge in [0.15, 0.2) is 0 Å². The fourth-order valence-electron chi connectivity index (χ4n) is 2.42. The van der Waals surface area contributed by atoms with E-state index in [9.17, 15) is 0 Å². The van der Waals surface area contributed by atoms with Crippen LogP contribution in [-0.2, 0) is 6.42 Å². The van der Waals surface area contributed by atoms with E-state index in [1.807, 2.05) is 19.9 Å². The number of aryl methyl sites for hydroxylation is 3. The van der Waals surface area contributed by atoms with Gasteiger partial charge in [-0.2, -0.15) is 0 Å². The van der Waals surface area contributed by atoms with Crippen molar-refractivity contribution in [2.24, 2.45) is 5.73 Å². The van der Waals surface area contributed by atoms with E-state index in [4.69, 9.17) is 5.73 Å². The van der Waals surface area contributed by atoms with Crippen molar-refractivity contribution < 1.29 is 0 Å². The molecule has 2 heteroatoms. The maximum atomic E-state index is 6.27. The van der Waals surface area contributed by atoms with Crippen LogP contribution in [0.25, 0.3) is 0 Å². The maximum Gasteiger partial charge on any atom is 0.0423 e. The van der Waals surface area contributed by atoms with E-state index in [0.29, 0.717) is 0 Å². The molecule has 1 unspecified atom stereocenters. The molecule has 0 aliphatic carbocycles. The molecule has 100 valence electrons. The van der Waals surface area contributed by atoms with Gasteiger partial charge in [0.05, 0.1) is 0 Å². The summed E-state index contributed by atoms with van der Waals surface area (Å²) >= 11 is 0. The minimum atomic E-state index is 0.0943. The standard InChI is InChI=1S/C17H22N2/c1-13-11-12-16(14(2)19-13)17(18)10-6-9-15-7-4-3-5-8-15/h3-5,7-8,11-12,17H,6,9-10,18H2,1-2H3. The van der Waals surface area contributed by atoms with Gasteiger partial charge in [0, 0.05) is 17.4 Å². The Kier molecular flexibility index (Phi) is 4.69. The number of nitrogens with zero attached hydrogens (tertiary/aromatic N) is 1. The number of pyridine rings is 1. The van der Waals surface area contributed by atoms with E-state index in [1.54, 1.807) is 0 Å². The first-order valence-electron chi connectivity index (χ1n) is 6.90. The summed E-state index contributed by atoms with van der Waals surface area (Å²) in [4.78, 5) is 4.48. The third-order valence-electron chi connectivity index (χ3n) is 3.49. The predicted octanol–water partition coefficient (Wildman–Crippen LogP) is 3.72. The molecule has 2 nitrogen and oxygen atoms in total. The van der Waals surface area contributed by atoms with Crippen molar-refractivity contribution in [3.05, 3.63) is 65.0 Å². The summed E-state index contributed by atoms with van der Waals surface area (Å²) in [5.41, 5.74) is 10.9. The van der Waals surface area contributed by atoms with Gasteiger partial charge < -0.3 is 5.73 Å². The van der Waals surface area contributed by atoms with Crippen LogP contribution in [0, 0.1) is 13.8 Å². The lowest BCUT2D eigenvalue weighted by molar-refractivity contribution is 0.606. The Bertz CT molecular complexity index is 520. The van der Waals surface area contributed by atoms with Crippen LogP contribution in [0.5, 0.6) is 0 Å². The van der Waals surface area contributed by atoms with Gasteiger partial charge in [0.2, 0.25) is 0 Å². The monoisotopic (exact) mass is 254 g/mol. The lowest BCUT2D eigenvalue weighted by atomic mass is 9.98. The predicted molar refractivity (Wildman–Crippen MR) is 80.0 cm³/mol. The van der Waals surface area contributed by atoms with Crippen LogP contribution in [0.15, 0.2) is 42.5 Å². The first kappa shape index (κ1) is 13.8. The highest BCUT2D eigenvalue weighted by molar-refractivity contribution is 5.24. The normalized spacial score (nSPS) is 12.4. The van der Waals surface area contributed by atoms with Crippen molar-refractivity contribution in [1.29, 1.82) is 0 Å². The summed E-state index contributed by atoms with van der Waals surface area (Å²) < 4.78 is 0. The van der Waals surface area contributed by atoms with E-state index in [2.05, 4.69) is 41.4 Å². The molecule has 0 bridgehead atoms. The SMILES string of the molecule is Cc1ccc(C(N)CCCc2ccccc2)c(C)n1. The molecule has 2 N–H and O–H groups in total. The average Bonchev–Trinajstić information content (AvgIpc) is 2.39. The number of hydrogen-bond acceptors (Lipinski definition) is 2. The number of benzene rings is 1. The zero-order chi connectivity index (χ0) is 13.7. The number of aromatic nitrogens is 1. The summed E-state index contributed by atoms with van der Waals surface area (Å²) in [6.07, 6.45) is 3.20. The molecular formula is C17H22N2. The lowest BCUT2D eigenvalue weighted by Crippen LogP contribution is -2.13.